The molecule has 0 saturated heterocycles. The van der Waals surface area contributed by atoms with E-state index in [1.54, 1.807) is 13.2 Å². The second-order valence-electron chi connectivity index (χ2n) is 6.02. The van der Waals surface area contributed by atoms with Crippen LogP contribution in [0.15, 0.2) is 36.4 Å². The Bertz CT molecular complexity index is 803. The third-order valence-electron chi connectivity index (χ3n) is 4.65. The summed E-state index contributed by atoms with van der Waals surface area (Å²) in [6.45, 7) is 3.19. The second kappa shape index (κ2) is 5.74. The zero-order valence-electron chi connectivity index (χ0n) is 13.8. The Balaban J connectivity index is 1.80. The maximum Gasteiger partial charge on any atom is 0.260 e. The molecule has 1 atom stereocenters. The summed E-state index contributed by atoms with van der Waals surface area (Å²) in [5.74, 6) is 1.24. The molecule has 24 heavy (non-hydrogen) atoms. The highest BCUT2D eigenvalue weighted by molar-refractivity contribution is 6.12. The predicted molar refractivity (Wildman–Crippen MR) is 93.4 cm³/mol. The molecule has 124 valence electrons. The molecule has 2 aliphatic heterocycles. The molecule has 0 aliphatic carbocycles. The Labute approximate surface area is 141 Å². The Morgan fingerprint density at radius 3 is 2.88 bits per heavy atom. The Morgan fingerprint density at radius 1 is 1.25 bits per heavy atom. The van der Waals surface area contributed by atoms with Crippen LogP contribution in [0.1, 0.15) is 22.8 Å². The lowest BCUT2D eigenvalue weighted by molar-refractivity contribution is 0.0983. The Morgan fingerprint density at radius 2 is 2.08 bits per heavy atom. The van der Waals surface area contributed by atoms with Gasteiger partial charge in [-0.05, 0) is 31.0 Å². The summed E-state index contributed by atoms with van der Waals surface area (Å²) in [4.78, 5) is 15.1. The normalized spacial score (nSPS) is 18.2. The second-order valence-corrected chi connectivity index (χ2v) is 6.02. The first-order valence-electron chi connectivity index (χ1n) is 8.23. The standard InChI is InChI=1S/C19H20N2O3/c1-3-24-18-10-15-14(9-17(18)23-2)19(22)21-13(11-20-15)8-12-6-4-5-7-16(12)21/h4-7,9-10,13,20H,3,8,11H2,1-2H3/t13-/m0/s1. The summed E-state index contributed by atoms with van der Waals surface area (Å²) < 4.78 is 11.0. The number of benzene rings is 2. The van der Waals surface area contributed by atoms with Gasteiger partial charge in [-0.1, -0.05) is 18.2 Å². The van der Waals surface area contributed by atoms with Gasteiger partial charge >= 0.3 is 0 Å². The largest absolute Gasteiger partial charge is 0.493 e. The molecular formula is C19H20N2O3. The van der Waals surface area contributed by atoms with Crippen LogP contribution in [0.4, 0.5) is 11.4 Å². The molecule has 1 amide bonds. The van der Waals surface area contributed by atoms with E-state index < -0.39 is 0 Å². The summed E-state index contributed by atoms with van der Waals surface area (Å²) in [7, 11) is 1.59. The minimum atomic E-state index is 0.00583. The van der Waals surface area contributed by atoms with Crippen LogP contribution in [-0.2, 0) is 6.42 Å². The van der Waals surface area contributed by atoms with Crippen LogP contribution < -0.4 is 19.7 Å². The van der Waals surface area contributed by atoms with Crippen molar-refractivity contribution in [1.29, 1.82) is 0 Å². The van der Waals surface area contributed by atoms with E-state index in [1.807, 2.05) is 36.1 Å². The molecular weight excluding hydrogens is 304 g/mol. The smallest absolute Gasteiger partial charge is 0.260 e. The van der Waals surface area contributed by atoms with Crippen molar-refractivity contribution in [2.45, 2.75) is 19.4 Å². The van der Waals surface area contributed by atoms with Crippen LogP contribution in [0.3, 0.4) is 0 Å². The molecule has 0 radical (unpaired) electrons. The lowest BCUT2D eigenvalue weighted by Crippen LogP contribution is -2.39. The van der Waals surface area contributed by atoms with Gasteiger partial charge in [-0.3, -0.25) is 4.79 Å². The van der Waals surface area contributed by atoms with Gasteiger partial charge in [0.15, 0.2) is 11.5 Å². The molecule has 2 aromatic rings. The molecule has 0 fully saturated rings. The first kappa shape index (κ1) is 14.9. The van der Waals surface area contributed by atoms with Crippen molar-refractivity contribution in [3.05, 3.63) is 47.5 Å². The number of amides is 1. The van der Waals surface area contributed by atoms with Gasteiger partial charge in [-0.15, -0.1) is 0 Å². The van der Waals surface area contributed by atoms with E-state index in [4.69, 9.17) is 9.47 Å². The minimum Gasteiger partial charge on any atom is -0.493 e. The highest BCUT2D eigenvalue weighted by atomic mass is 16.5. The van der Waals surface area contributed by atoms with Crippen LogP contribution in [0.2, 0.25) is 0 Å². The third-order valence-corrected chi connectivity index (χ3v) is 4.65. The van der Waals surface area contributed by atoms with Crippen LogP contribution in [0.5, 0.6) is 11.5 Å². The molecule has 2 aliphatic rings. The molecule has 0 aromatic heterocycles. The van der Waals surface area contributed by atoms with E-state index in [0.29, 0.717) is 30.2 Å². The fourth-order valence-electron chi connectivity index (χ4n) is 3.57. The Hall–Kier alpha value is -2.69. The van der Waals surface area contributed by atoms with Gasteiger partial charge in [-0.25, -0.2) is 0 Å². The summed E-state index contributed by atoms with van der Waals surface area (Å²) in [6, 6.07) is 11.9. The average molecular weight is 324 g/mol. The number of nitrogens with one attached hydrogen (secondary N) is 1. The fourth-order valence-corrected chi connectivity index (χ4v) is 3.57. The number of fused-ring (bicyclic) bond motifs is 4. The van der Waals surface area contributed by atoms with Crippen molar-refractivity contribution >= 4 is 17.3 Å². The maximum atomic E-state index is 13.2. The van der Waals surface area contributed by atoms with Crippen molar-refractivity contribution in [2.24, 2.45) is 0 Å². The zero-order valence-corrected chi connectivity index (χ0v) is 13.8. The average Bonchev–Trinajstić information content (AvgIpc) is 2.92. The number of hydrogen-bond donors (Lipinski definition) is 1. The highest BCUT2D eigenvalue weighted by Gasteiger charge is 2.37. The fraction of sp³-hybridized carbons (Fsp3) is 0.316. The molecule has 0 unspecified atom stereocenters. The number of anilines is 2. The van der Waals surface area contributed by atoms with E-state index in [2.05, 4.69) is 11.4 Å². The van der Waals surface area contributed by atoms with Crippen LogP contribution in [0, 0.1) is 0 Å². The molecule has 2 aromatic carbocycles. The molecule has 5 heteroatoms. The van der Waals surface area contributed by atoms with Gasteiger partial charge in [0, 0.05) is 18.3 Å². The molecule has 0 bridgehead atoms. The van der Waals surface area contributed by atoms with Crippen LogP contribution >= 0.6 is 0 Å². The van der Waals surface area contributed by atoms with E-state index in [-0.39, 0.29) is 11.9 Å². The molecule has 0 spiro atoms. The van der Waals surface area contributed by atoms with Crippen molar-refractivity contribution in [3.63, 3.8) is 0 Å². The molecule has 0 saturated carbocycles. The topological polar surface area (TPSA) is 50.8 Å². The van der Waals surface area contributed by atoms with Crippen molar-refractivity contribution < 1.29 is 14.3 Å². The number of ether oxygens (including phenoxy) is 2. The van der Waals surface area contributed by atoms with Gasteiger partial charge < -0.3 is 19.7 Å². The van der Waals surface area contributed by atoms with Gasteiger partial charge in [0.05, 0.1) is 31.0 Å². The lowest BCUT2D eigenvalue weighted by Gasteiger charge is -2.22. The Kier molecular flexibility index (Phi) is 3.56. The number of hydrogen-bond acceptors (Lipinski definition) is 4. The van der Waals surface area contributed by atoms with E-state index in [9.17, 15) is 4.79 Å². The number of rotatable bonds is 3. The van der Waals surface area contributed by atoms with Gasteiger partial charge in [0.1, 0.15) is 0 Å². The molecule has 5 nitrogen and oxygen atoms in total. The summed E-state index contributed by atoms with van der Waals surface area (Å²) in [5.41, 5.74) is 3.65. The zero-order chi connectivity index (χ0) is 16.7. The van der Waals surface area contributed by atoms with Gasteiger partial charge in [0.25, 0.3) is 5.91 Å². The third kappa shape index (κ3) is 2.19. The lowest BCUT2D eigenvalue weighted by atomic mass is 10.1. The minimum absolute atomic E-state index is 0.00583. The number of carbonyl (C=O) groups excluding carboxylic acids is 1. The van der Waals surface area contributed by atoms with Crippen LogP contribution in [0.25, 0.3) is 0 Å². The molecule has 4 rings (SSSR count). The predicted octanol–water partition coefficient (Wildman–Crippen LogP) is 3.09. The summed E-state index contributed by atoms with van der Waals surface area (Å²) in [6.07, 6.45) is 0.873. The quantitative estimate of drug-likeness (QED) is 0.942. The van der Waals surface area contributed by atoms with E-state index >= 15 is 0 Å². The monoisotopic (exact) mass is 324 g/mol. The summed E-state index contributed by atoms with van der Waals surface area (Å²) >= 11 is 0. The molecule has 1 N–H and O–H groups in total. The van der Waals surface area contributed by atoms with Gasteiger partial charge in [-0.2, -0.15) is 0 Å². The first-order valence-corrected chi connectivity index (χ1v) is 8.23. The summed E-state index contributed by atoms with van der Waals surface area (Å²) in [5, 5.41) is 3.41. The molecule has 2 heterocycles. The number of carbonyl (C=O) groups is 1. The van der Waals surface area contributed by atoms with Gasteiger partial charge in [0.2, 0.25) is 0 Å². The van der Waals surface area contributed by atoms with E-state index in [1.165, 1.54) is 5.56 Å². The SMILES string of the molecule is CCOc1cc2c(cc1OC)C(=O)N1c3ccccc3C[C@H]1CN2. The highest BCUT2D eigenvalue weighted by Crippen LogP contribution is 2.40. The van der Waals surface area contributed by atoms with Crippen LogP contribution in [-0.4, -0.2) is 32.2 Å². The number of methoxy groups -OCH3 is 1. The first-order chi connectivity index (χ1) is 11.7. The van der Waals surface area contributed by atoms with E-state index in [0.717, 1.165) is 17.8 Å². The number of para-hydroxylation sites is 1. The van der Waals surface area contributed by atoms with Crippen molar-refractivity contribution in [3.8, 4) is 11.5 Å². The number of nitrogens with zero attached hydrogens (tertiary/aromatic N) is 1. The maximum absolute atomic E-state index is 13.2. The van der Waals surface area contributed by atoms with Crippen molar-refractivity contribution in [2.75, 3.05) is 30.5 Å². The van der Waals surface area contributed by atoms with Crippen molar-refractivity contribution in [1.82, 2.24) is 0 Å².